The van der Waals surface area contributed by atoms with E-state index in [1.165, 1.54) is 0 Å². The van der Waals surface area contributed by atoms with Gasteiger partial charge in [-0.15, -0.1) is 0 Å². The summed E-state index contributed by atoms with van der Waals surface area (Å²) in [5.74, 6) is 1.23. The van der Waals surface area contributed by atoms with Crippen molar-refractivity contribution in [2.45, 2.75) is 0 Å². The first-order valence-corrected chi connectivity index (χ1v) is 5.14. The number of ether oxygens (including phenoxy) is 1. The van der Waals surface area contributed by atoms with Crippen LogP contribution < -0.4 is 10.5 Å². The van der Waals surface area contributed by atoms with Gasteiger partial charge in [0, 0.05) is 22.9 Å². The molecule has 0 fully saturated rings. The molecule has 2 N–H and O–H groups in total. The summed E-state index contributed by atoms with van der Waals surface area (Å²) in [6.45, 7) is 0. The van der Waals surface area contributed by atoms with Gasteiger partial charge in [-0.3, -0.25) is 4.57 Å². The predicted octanol–water partition coefficient (Wildman–Crippen LogP) is 2.23. The molecule has 0 amide bonds. The lowest BCUT2D eigenvalue weighted by atomic mass is 10.3. The summed E-state index contributed by atoms with van der Waals surface area (Å²) in [5, 5.41) is 0. The van der Waals surface area contributed by atoms with Crippen LogP contribution in [0.5, 0.6) is 5.75 Å². The highest BCUT2D eigenvalue weighted by molar-refractivity contribution is 9.10. The quantitative estimate of drug-likeness (QED) is 0.908. The molecule has 0 atom stereocenters. The molecule has 2 aromatic rings. The zero-order valence-electron chi connectivity index (χ0n) is 8.14. The molecular formula is C10H10BrN3O. The molecule has 15 heavy (non-hydrogen) atoms. The fourth-order valence-corrected chi connectivity index (χ4v) is 1.76. The van der Waals surface area contributed by atoms with E-state index in [1.54, 1.807) is 24.1 Å². The fraction of sp³-hybridized carbons (Fsp3) is 0.100. The Kier molecular flexibility index (Phi) is 2.64. The van der Waals surface area contributed by atoms with E-state index in [0.29, 0.717) is 5.95 Å². The molecule has 4 nitrogen and oxygen atoms in total. The van der Waals surface area contributed by atoms with Gasteiger partial charge in [-0.1, -0.05) is 0 Å². The molecule has 0 aliphatic heterocycles. The number of methoxy groups -OCH3 is 1. The topological polar surface area (TPSA) is 53.1 Å². The Morgan fingerprint density at radius 3 is 2.87 bits per heavy atom. The molecule has 0 bridgehead atoms. The van der Waals surface area contributed by atoms with E-state index < -0.39 is 0 Å². The highest BCUT2D eigenvalue weighted by Crippen LogP contribution is 2.27. The number of aromatic nitrogens is 2. The van der Waals surface area contributed by atoms with Gasteiger partial charge >= 0.3 is 0 Å². The van der Waals surface area contributed by atoms with E-state index in [2.05, 4.69) is 20.9 Å². The molecule has 0 aliphatic carbocycles. The van der Waals surface area contributed by atoms with E-state index in [1.807, 2.05) is 18.2 Å². The van der Waals surface area contributed by atoms with Crippen molar-refractivity contribution in [1.29, 1.82) is 0 Å². The van der Waals surface area contributed by atoms with Gasteiger partial charge < -0.3 is 10.5 Å². The molecule has 2 rings (SSSR count). The van der Waals surface area contributed by atoms with Crippen LogP contribution in [-0.2, 0) is 0 Å². The number of anilines is 1. The molecular weight excluding hydrogens is 258 g/mol. The molecule has 0 unspecified atom stereocenters. The van der Waals surface area contributed by atoms with Crippen molar-refractivity contribution in [2.24, 2.45) is 0 Å². The smallest absolute Gasteiger partial charge is 0.204 e. The van der Waals surface area contributed by atoms with Gasteiger partial charge in [-0.05, 0) is 28.1 Å². The van der Waals surface area contributed by atoms with Gasteiger partial charge in [0.25, 0.3) is 0 Å². The summed E-state index contributed by atoms with van der Waals surface area (Å²) in [5.41, 5.74) is 6.63. The van der Waals surface area contributed by atoms with Gasteiger partial charge in [0.15, 0.2) is 0 Å². The molecule has 5 heteroatoms. The highest BCUT2D eigenvalue weighted by atomic mass is 79.9. The van der Waals surface area contributed by atoms with Crippen molar-refractivity contribution in [2.75, 3.05) is 12.8 Å². The third-order valence-corrected chi connectivity index (χ3v) is 2.75. The van der Waals surface area contributed by atoms with Crippen molar-refractivity contribution in [3.8, 4) is 11.4 Å². The molecule has 0 spiro atoms. The van der Waals surface area contributed by atoms with E-state index in [-0.39, 0.29) is 0 Å². The summed E-state index contributed by atoms with van der Waals surface area (Å²) in [6.07, 6.45) is 3.45. The summed E-state index contributed by atoms with van der Waals surface area (Å²) in [6, 6.07) is 5.68. The number of hydrogen-bond acceptors (Lipinski definition) is 3. The second-order valence-electron chi connectivity index (χ2n) is 2.97. The monoisotopic (exact) mass is 267 g/mol. The predicted molar refractivity (Wildman–Crippen MR) is 62.2 cm³/mol. The van der Waals surface area contributed by atoms with Crippen LogP contribution in [0.4, 0.5) is 5.95 Å². The van der Waals surface area contributed by atoms with Gasteiger partial charge in [-0.2, -0.15) is 0 Å². The molecule has 0 saturated heterocycles. The summed E-state index contributed by atoms with van der Waals surface area (Å²) in [7, 11) is 1.63. The highest BCUT2D eigenvalue weighted by Gasteiger charge is 2.06. The van der Waals surface area contributed by atoms with Gasteiger partial charge in [-0.25, -0.2) is 4.98 Å². The number of nitrogens with two attached hydrogens (primary N) is 1. The molecule has 1 aromatic carbocycles. The van der Waals surface area contributed by atoms with Crippen molar-refractivity contribution in [3.05, 3.63) is 35.1 Å². The average Bonchev–Trinajstić information content (AvgIpc) is 2.65. The number of nitrogen functional groups attached to an aromatic ring is 1. The molecule has 1 aromatic heterocycles. The molecule has 1 heterocycles. The minimum absolute atomic E-state index is 0.448. The minimum Gasteiger partial charge on any atom is -0.497 e. The van der Waals surface area contributed by atoms with Crippen LogP contribution in [0.15, 0.2) is 35.1 Å². The molecule has 0 aliphatic rings. The van der Waals surface area contributed by atoms with Crippen molar-refractivity contribution in [1.82, 2.24) is 9.55 Å². The Morgan fingerprint density at radius 1 is 1.47 bits per heavy atom. The Bertz CT molecular complexity index is 481. The summed E-state index contributed by atoms with van der Waals surface area (Å²) in [4.78, 5) is 3.97. The standard InChI is InChI=1S/C10H10BrN3O/c1-15-7-2-3-8(11)9(6-7)14-5-4-13-10(14)12/h2-6H,1H3,(H2,12,13). The van der Waals surface area contributed by atoms with E-state index >= 15 is 0 Å². The van der Waals surface area contributed by atoms with Crippen LogP contribution in [-0.4, -0.2) is 16.7 Å². The SMILES string of the molecule is COc1ccc(Br)c(-n2ccnc2N)c1. The zero-order valence-corrected chi connectivity index (χ0v) is 9.73. The maximum absolute atomic E-state index is 5.72. The van der Waals surface area contributed by atoms with Gasteiger partial charge in [0.2, 0.25) is 5.95 Å². The number of halogens is 1. The largest absolute Gasteiger partial charge is 0.497 e. The first-order chi connectivity index (χ1) is 7.22. The van der Waals surface area contributed by atoms with E-state index in [0.717, 1.165) is 15.9 Å². The van der Waals surface area contributed by atoms with Crippen molar-refractivity contribution in [3.63, 3.8) is 0 Å². The second-order valence-corrected chi connectivity index (χ2v) is 3.83. The number of benzene rings is 1. The van der Waals surface area contributed by atoms with Gasteiger partial charge in [0.05, 0.1) is 12.8 Å². The second kappa shape index (κ2) is 3.94. The Labute approximate surface area is 95.8 Å². The number of hydrogen-bond donors (Lipinski definition) is 1. The molecule has 0 radical (unpaired) electrons. The van der Waals surface area contributed by atoms with E-state index in [9.17, 15) is 0 Å². The Balaban J connectivity index is 2.56. The maximum Gasteiger partial charge on any atom is 0.204 e. The fourth-order valence-electron chi connectivity index (χ4n) is 1.32. The van der Waals surface area contributed by atoms with Crippen LogP contribution in [0.1, 0.15) is 0 Å². The summed E-state index contributed by atoms with van der Waals surface area (Å²) < 4.78 is 7.87. The lowest BCUT2D eigenvalue weighted by Crippen LogP contribution is -2.00. The molecule has 78 valence electrons. The van der Waals surface area contributed by atoms with Gasteiger partial charge in [0.1, 0.15) is 5.75 Å². The first-order valence-electron chi connectivity index (χ1n) is 4.35. The normalized spacial score (nSPS) is 10.3. The number of imidazole rings is 1. The third-order valence-electron chi connectivity index (χ3n) is 2.08. The first kappa shape index (κ1) is 10.0. The Hall–Kier alpha value is -1.49. The van der Waals surface area contributed by atoms with E-state index in [4.69, 9.17) is 10.5 Å². The Morgan fingerprint density at radius 2 is 2.27 bits per heavy atom. The molecule has 0 saturated carbocycles. The average molecular weight is 268 g/mol. The maximum atomic E-state index is 5.72. The zero-order chi connectivity index (χ0) is 10.8. The summed E-state index contributed by atoms with van der Waals surface area (Å²) >= 11 is 3.46. The number of nitrogens with zero attached hydrogens (tertiary/aromatic N) is 2. The van der Waals surface area contributed by atoms with Crippen LogP contribution >= 0.6 is 15.9 Å². The van der Waals surface area contributed by atoms with Crippen LogP contribution in [0.25, 0.3) is 5.69 Å². The van der Waals surface area contributed by atoms with Crippen molar-refractivity contribution >= 4 is 21.9 Å². The lowest BCUT2D eigenvalue weighted by Gasteiger charge is -2.09. The van der Waals surface area contributed by atoms with Crippen molar-refractivity contribution < 1.29 is 4.74 Å². The van der Waals surface area contributed by atoms with Crippen LogP contribution in [0, 0.1) is 0 Å². The number of rotatable bonds is 2. The minimum atomic E-state index is 0.448. The lowest BCUT2D eigenvalue weighted by molar-refractivity contribution is 0.414. The van der Waals surface area contributed by atoms with Crippen LogP contribution in [0.3, 0.4) is 0 Å². The van der Waals surface area contributed by atoms with Crippen LogP contribution in [0.2, 0.25) is 0 Å². The third kappa shape index (κ3) is 1.83.